The summed E-state index contributed by atoms with van der Waals surface area (Å²) in [6.45, 7) is 5.18. The maximum absolute atomic E-state index is 12.7. The normalized spacial score (nSPS) is 23.5. The molecule has 3 heterocycles. The van der Waals surface area contributed by atoms with E-state index in [4.69, 9.17) is 4.74 Å². The van der Waals surface area contributed by atoms with Crippen molar-refractivity contribution in [2.24, 2.45) is 5.92 Å². The molecular weight excluding hydrogens is 370 g/mol. The summed E-state index contributed by atoms with van der Waals surface area (Å²) in [5, 5.41) is 4.40. The van der Waals surface area contributed by atoms with Crippen LogP contribution in [0.15, 0.2) is 36.5 Å². The number of likely N-dealkylation sites (tertiary alicyclic amines) is 1. The molecule has 4 rings (SSSR count). The first-order chi connectivity index (χ1) is 13.7. The van der Waals surface area contributed by atoms with E-state index in [2.05, 4.69) is 41.5 Å². The van der Waals surface area contributed by atoms with Gasteiger partial charge in [-0.25, -0.2) is 9.78 Å². The van der Waals surface area contributed by atoms with Crippen molar-refractivity contribution in [3.05, 3.63) is 52.0 Å². The van der Waals surface area contributed by atoms with E-state index in [-0.39, 0.29) is 12.1 Å². The fourth-order valence-corrected chi connectivity index (χ4v) is 5.23. The Kier molecular flexibility index (Phi) is 6.27. The van der Waals surface area contributed by atoms with Crippen LogP contribution in [-0.4, -0.2) is 42.2 Å². The van der Waals surface area contributed by atoms with Crippen LogP contribution in [0.25, 0.3) is 0 Å². The van der Waals surface area contributed by atoms with Gasteiger partial charge in [0, 0.05) is 49.2 Å². The zero-order valence-corrected chi connectivity index (χ0v) is 17.3. The van der Waals surface area contributed by atoms with Crippen molar-refractivity contribution in [1.29, 1.82) is 0 Å². The van der Waals surface area contributed by atoms with Crippen LogP contribution >= 0.6 is 11.3 Å². The Morgan fingerprint density at radius 1 is 1.25 bits per heavy atom. The second-order valence-corrected chi connectivity index (χ2v) is 9.13. The molecule has 0 spiro atoms. The zero-order valence-electron chi connectivity index (χ0n) is 16.5. The number of nitrogens with one attached hydrogen (secondary N) is 1. The Balaban J connectivity index is 1.28. The monoisotopic (exact) mass is 399 g/mol. The van der Waals surface area contributed by atoms with Crippen LogP contribution in [0.5, 0.6) is 0 Å². The topological polar surface area (TPSA) is 54.5 Å². The van der Waals surface area contributed by atoms with Gasteiger partial charge < -0.3 is 15.0 Å². The summed E-state index contributed by atoms with van der Waals surface area (Å²) in [4.78, 5) is 20.4. The quantitative estimate of drug-likeness (QED) is 0.823. The molecule has 2 unspecified atom stereocenters. The maximum Gasteiger partial charge on any atom is 0.317 e. The lowest BCUT2D eigenvalue weighted by Crippen LogP contribution is -2.46. The number of benzene rings is 1. The fourth-order valence-electron chi connectivity index (χ4n) is 4.28. The molecule has 150 valence electrons. The highest BCUT2D eigenvalue weighted by molar-refractivity contribution is 7.11. The molecule has 2 fully saturated rings. The number of thiazole rings is 1. The van der Waals surface area contributed by atoms with Gasteiger partial charge in [-0.3, -0.25) is 0 Å². The summed E-state index contributed by atoms with van der Waals surface area (Å²) in [5.74, 6) is 0.827. The summed E-state index contributed by atoms with van der Waals surface area (Å²) in [6.07, 6.45) is 6.18. The smallest absolute Gasteiger partial charge is 0.317 e. The van der Waals surface area contributed by atoms with E-state index in [0.717, 1.165) is 45.4 Å². The van der Waals surface area contributed by atoms with E-state index >= 15 is 0 Å². The lowest BCUT2D eigenvalue weighted by atomic mass is 9.89. The van der Waals surface area contributed by atoms with Crippen molar-refractivity contribution < 1.29 is 9.53 Å². The van der Waals surface area contributed by atoms with Crippen LogP contribution in [0.4, 0.5) is 4.79 Å². The predicted molar refractivity (Wildman–Crippen MR) is 112 cm³/mol. The van der Waals surface area contributed by atoms with Gasteiger partial charge >= 0.3 is 6.03 Å². The average Bonchev–Trinajstić information content (AvgIpc) is 3.19. The number of aromatic nitrogens is 1. The van der Waals surface area contributed by atoms with Crippen molar-refractivity contribution in [1.82, 2.24) is 15.2 Å². The molecule has 28 heavy (non-hydrogen) atoms. The largest absolute Gasteiger partial charge is 0.373 e. The Morgan fingerprint density at radius 2 is 2.04 bits per heavy atom. The molecule has 2 aromatic rings. The number of nitrogens with zero attached hydrogens (tertiary/aromatic N) is 2. The molecule has 2 saturated heterocycles. The molecule has 5 nitrogen and oxygen atoms in total. The van der Waals surface area contributed by atoms with E-state index < -0.39 is 0 Å². The van der Waals surface area contributed by atoms with Crippen LogP contribution < -0.4 is 5.32 Å². The standard InChI is InChI=1S/C22H29N3O2S/c1-16-14-23-21(28-16)18-9-11-25(12-10-18)22(26)24-15-19-8-5-13-27-20(19)17-6-3-2-4-7-17/h2-4,6-7,14,18-20H,5,8-13,15H2,1H3,(H,24,26). The van der Waals surface area contributed by atoms with Gasteiger partial charge in [-0.2, -0.15) is 0 Å². The first-order valence-corrected chi connectivity index (χ1v) is 11.1. The Hall–Kier alpha value is -1.92. The van der Waals surface area contributed by atoms with E-state index in [0.29, 0.717) is 18.4 Å². The van der Waals surface area contributed by atoms with Crippen LogP contribution in [0.3, 0.4) is 0 Å². The van der Waals surface area contributed by atoms with Crippen LogP contribution in [0, 0.1) is 12.8 Å². The van der Waals surface area contributed by atoms with Gasteiger partial charge in [-0.1, -0.05) is 30.3 Å². The molecule has 6 heteroatoms. The summed E-state index contributed by atoms with van der Waals surface area (Å²) >= 11 is 1.79. The van der Waals surface area contributed by atoms with Gasteiger partial charge in [0.2, 0.25) is 0 Å². The molecule has 1 aromatic heterocycles. The maximum atomic E-state index is 12.7. The van der Waals surface area contributed by atoms with Gasteiger partial charge in [-0.15, -0.1) is 11.3 Å². The molecular formula is C22H29N3O2S. The number of urea groups is 1. The summed E-state index contributed by atoms with van der Waals surface area (Å²) in [6, 6.07) is 10.4. The van der Waals surface area contributed by atoms with Crippen molar-refractivity contribution in [3.8, 4) is 0 Å². The highest BCUT2D eigenvalue weighted by atomic mass is 32.1. The third-order valence-electron chi connectivity index (χ3n) is 5.86. The van der Waals surface area contributed by atoms with E-state index in [1.165, 1.54) is 15.4 Å². The first kappa shape index (κ1) is 19.4. The third kappa shape index (κ3) is 4.55. The van der Waals surface area contributed by atoms with E-state index in [1.807, 2.05) is 17.2 Å². The molecule has 2 aliphatic heterocycles. The molecule has 0 aliphatic carbocycles. The molecule has 2 aliphatic rings. The van der Waals surface area contributed by atoms with Gasteiger partial charge in [-0.05, 0) is 38.2 Å². The molecule has 0 radical (unpaired) electrons. The highest BCUT2D eigenvalue weighted by Crippen LogP contribution is 2.33. The molecule has 2 amide bonds. The second kappa shape index (κ2) is 9.05. The van der Waals surface area contributed by atoms with Crippen molar-refractivity contribution >= 4 is 17.4 Å². The number of ether oxygens (including phenoxy) is 1. The van der Waals surface area contributed by atoms with Gasteiger partial charge in [0.05, 0.1) is 11.1 Å². The highest BCUT2D eigenvalue weighted by Gasteiger charge is 2.29. The van der Waals surface area contributed by atoms with Crippen LogP contribution in [-0.2, 0) is 4.74 Å². The molecule has 1 aromatic carbocycles. The lowest BCUT2D eigenvalue weighted by Gasteiger charge is -2.34. The number of rotatable bonds is 4. The first-order valence-electron chi connectivity index (χ1n) is 10.3. The predicted octanol–water partition coefficient (Wildman–Crippen LogP) is 4.51. The SMILES string of the molecule is Cc1cnc(C2CCN(C(=O)NCC3CCCOC3c3ccccc3)CC2)s1. The minimum atomic E-state index is 0.0613. The molecule has 0 saturated carbocycles. The number of carbonyl (C=O) groups is 1. The molecule has 1 N–H and O–H groups in total. The number of carbonyl (C=O) groups excluding carboxylic acids is 1. The summed E-state index contributed by atoms with van der Waals surface area (Å²) in [7, 11) is 0. The second-order valence-electron chi connectivity index (χ2n) is 7.86. The van der Waals surface area contributed by atoms with Gasteiger partial charge in [0.1, 0.15) is 0 Å². The minimum absolute atomic E-state index is 0.0613. The Bertz CT molecular complexity index is 771. The number of amides is 2. The van der Waals surface area contributed by atoms with E-state index in [1.54, 1.807) is 11.3 Å². The number of hydrogen-bond acceptors (Lipinski definition) is 4. The Morgan fingerprint density at radius 3 is 2.75 bits per heavy atom. The summed E-state index contributed by atoms with van der Waals surface area (Å²) in [5.41, 5.74) is 1.21. The minimum Gasteiger partial charge on any atom is -0.373 e. The number of piperidine rings is 1. The molecule has 2 atom stereocenters. The van der Waals surface area contributed by atoms with Crippen molar-refractivity contribution in [2.75, 3.05) is 26.2 Å². The fraction of sp³-hybridized carbons (Fsp3) is 0.545. The van der Waals surface area contributed by atoms with Crippen molar-refractivity contribution in [2.45, 2.75) is 44.6 Å². The zero-order chi connectivity index (χ0) is 19.3. The summed E-state index contributed by atoms with van der Waals surface area (Å²) < 4.78 is 6.05. The lowest BCUT2D eigenvalue weighted by molar-refractivity contribution is -0.0272. The van der Waals surface area contributed by atoms with Crippen molar-refractivity contribution in [3.63, 3.8) is 0 Å². The van der Waals surface area contributed by atoms with Gasteiger partial charge in [0.15, 0.2) is 0 Å². The number of aryl methyl sites for hydroxylation is 1. The average molecular weight is 400 g/mol. The number of hydrogen-bond donors (Lipinski definition) is 1. The van der Waals surface area contributed by atoms with Crippen LogP contribution in [0.1, 0.15) is 53.2 Å². The third-order valence-corrected chi connectivity index (χ3v) is 6.93. The molecule has 0 bridgehead atoms. The van der Waals surface area contributed by atoms with E-state index in [9.17, 15) is 4.79 Å². The van der Waals surface area contributed by atoms with Crippen LogP contribution in [0.2, 0.25) is 0 Å². The Labute approximate surface area is 171 Å². The van der Waals surface area contributed by atoms with Gasteiger partial charge in [0.25, 0.3) is 0 Å².